The van der Waals surface area contributed by atoms with Crippen molar-refractivity contribution in [2.24, 2.45) is 5.92 Å². The van der Waals surface area contributed by atoms with E-state index in [-0.39, 0.29) is 0 Å². The van der Waals surface area contributed by atoms with Gasteiger partial charge in [-0.25, -0.2) is 0 Å². The van der Waals surface area contributed by atoms with Crippen molar-refractivity contribution in [2.75, 3.05) is 0 Å². The molecule has 1 aromatic heterocycles. The Morgan fingerprint density at radius 3 is 2.69 bits per heavy atom. The van der Waals surface area contributed by atoms with E-state index < -0.39 is 0 Å². The summed E-state index contributed by atoms with van der Waals surface area (Å²) in [4.78, 5) is 0. The molecular weight excluding hydrogens is 184 g/mol. The van der Waals surface area contributed by atoms with E-state index in [1.54, 1.807) is 0 Å². The standard InChI is InChI=1S/C10H17ClN2/c1-4-10-9(5-11)6-12-13(10)7-8(2)3/h6,8H,4-5,7H2,1-3H3. The van der Waals surface area contributed by atoms with Gasteiger partial charge in [0.2, 0.25) is 0 Å². The molecule has 0 atom stereocenters. The molecule has 1 heterocycles. The Hall–Kier alpha value is -0.500. The van der Waals surface area contributed by atoms with Gasteiger partial charge < -0.3 is 0 Å². The second-order valence-electron chi connectivity index (χ2n) is 3.68. The van der Waals surface area contributed by atoms with Gasteiger partial charge in [-0.2, -0.15) is 5.10 Å². The molecule has 0 radical (unpaired) electrons. The maximum absolute atomic E-state index is 5.81. The van der Waals surface area contributed by atoms with Crippen molar-refractivity contribution in [1.82, 2.24) is 9.78 Å². The van der Waals surface area contributed by atoms with Crippen LogP contribution in [-0.2, 0) is 18.8 Å². The third-order valence-electron chi connectivity index (χ3n) is 2.05. The molecule has 3 heteroatoms. The predicted molar refractivity (Wildman–Crippen MR) is 56.0 cm³/mol. The first-order chi connectivity index (χ1) is 6.19. The fourth-order valence-electron chi connectivity index (χ4n) is 1.47. The van der Waals surface area contributed by atoms with E-state index in [4.69, 9.17) is 11.6 Å². The second-order valence-corrected chi connectivity index (χ2v) is 3.95. The van der Waals surface area contributed by atoms with Crippen LogP contribution >= 0.6 is 11.6 Å². The molecule has 0 fully saturated rings. The lowest BCUT2D eigenvalue weighted by Crippen LogP contribution is -2.09. The number of nitrogens with zero attached hydrogens (tertiary/aromatic N) is 2. The molecule has 0 spiro atoms. The van der Waals surface area contributed by atoms with Crippen molar-refractivity contribution < 1.29 is 0 Å². The molecule has 1 aromatic rings. The summed E-state index contributed by atoms with van der Waals surface area (Å²) in [7, 11) is 0. The Kier molecular flexibility index (Phi) is 3.79. The van der Waals surface area contributed by atoms with E-state index in [0.29, 0.717) is 11.8 Å². The van der Waals surface area contributed by atoms with Gasteiger partial charge in [0.25, 0.3) is 0 Å². The SMILES string of the molecule is CCc1c(CCl)cnn1CC(C)C. The highest BCUT2D eigenvalue weighted by Crippen LogP contribution is 2.13. The topological polar surface area (TPSA) is 17.8 Å². The smallest absolute Gasteiger partial charge is 0.0536 e. The predicted octanol–water partition coefficient (Wildman–Crippen LogP) is 2.84. The maximum atomic E-state index is 5.81. The molecule has 0 bridgehead atoms. The zero-order valence-electron chi connectivity index (χ0n) is 8.55. The van der Waals surface area contributed by atoms with Gasteiger partial charge in [-0.15, -0.1) is 11.6 Å². The third kappa shape index (κ3) is 2.47. The van der Waals surface area contributed by atoms with Crippen LogP contribution in [0, 0.1) is 5.92 Å². The largest absolute Gasteiger partial charge is 0.269 e. The Morgan fingerprint density at radius 1 is 1.54 bits per heavy atom. The van der Waals surface area contributed by atoms with E-state index in [1.807, 2.05) is 6.20 Å². The first-order valence-corrected chi connectivity index (χ1v) is 5.32. The third-order valence-corrected chi connectivity index (χ3v) is 2.34. The first kappa shape index (κ1) is 10.6. The van der Waals surface area contributed by atoms with E-state index >= 15 is 0 Å². The van der Waals surface area contributed by atoms with Gasteiger partial charge in [0, 0.05) is 17.8 Å². The summed E-state index contributed by atoms with van der Waals surface area (Å²) in [6.45, 7) is 7.52. The fourth-order valence-corrected chi connectivity index (χ4v) is 1.70. The van der Waals surface area contributed by atoms with Crippen LogP contribution < -0.4 is 0 Å². The van der Waals surface area contributed by atoms with Crippen LogP contribution in [0.15, 0.2) is 6.20 Å². The molecule has 13 heavy (non-hydrogen) atoms. The molecule has 74 valence electrons. The quantitative estimate of drug-likeness (QED) is 0.684. The minimum Gasteiger partial charge on any atom is -0.269 e. The van der Waals surface area contributed by atoms with E-state index in [9.17, 15) is 0 Å². The van der Waals surface area contributed by atoms with Gasteiger partial charge in [-0.3, -0.25) is 4.68 Å². The molecule has 2 nitrogen and oxygen atoms in total. The molecule has 0 aromatic carbocycles. The Labute approximate surface area is 84.9 Å². The first-order valence-electron chi connectivity index (χ1n) is 4.78. The van der Waals surface area contributed by atoms with Crippen molar-refractivity contribution in [3.8, 4) is 0 Å². The summed E-state index contributed by atoms with van der Waals surface area (Å²) in [6.07, 6.45) is 2.89. The minimum absolute atomic E-state index is 0.571. The average Bonchev–Trinajstić information content (AvgIpc) is 2.45. The highest BCUT2D eigenvalue weighted by molar-refractivity contribution is 6.17. The van der Waals surface area contributed by atoms with Crippen LogP contribution in [0.4, 0.5) is 0 Å². The van der Waals surface area contributed by atoms with Crippen LogP contribution in [0.25, 0.3) is 0 Å². The molecule has 0 aliphatic rings. The number of rotatable bonds is 4. The van der Waals surface area contributed by atoms with Crippen LogP contribution in [0.1, 0.15) is 32.0 Å². The van der Waals surface area contributed by atoms with Crippen molar-refractivity contribution in [3.63, 3.8) is 0 Å². The molecule has 0 N–H and O–H groups in total. The maximum Gasteiger partial charge on any atom is 0.0536 e. The van der Waals surface area contributed by atoms with Crippen LogP contribution in [0.3, 0.4) is 0 Å². The van der Waals surface area contributed by atoms with Gasteiger partial charge in [0.05, 0.1) is 12.1 Å². The molecule has 0 aliphatic carbocycles. The number of halogens is 1. The number of alkyl halides is 1. The van der Waals surface area contributed by atoms with Crippen molar-refractivity contribution >= 4 is 11.6 Å². The minimum atomic E-state index is 0.571. The summed E-state index contributed by atoms with van der Waals surface area (Å²) in [5.74, 6) is 1.20. The Morgan fingerprint density at radius 2 is 2.23 bits per heavy atom. The summed E-state index contributed by atoms with van der Waals surface area (Å²) in [5, 5.41) is 4.33. The van der Waals surface area contributed by atoms with Crippen LogP contribution in [0.2, 0.25) is 0 Å². The Balaban J connectivity index is 2.87. The van der Waals surface area contributed by atoms with E-state index in [1.165, 1.54) is 11.3 Å². The van der Waals surface area contributed by atoms with Gasteiger partial charge in [0.1, 0.15) is 0 Å². The zero-order valence-corrected chi connectivity index (χ0v) is 9.30. The van der Waals surface area contributed by atoms with E-state index in [2.05, 4.69) is 30.6 Å². The molecule has 0 amide bonds. The van der Waals surface area contributed by atoms with Crippen LogP contribution in [-0.4, -0.2) is 9.78 Å². The lowest BCUT2D eigenvalue weighted by atomic mass is 10.2. The van der Waals surface area contributed by atoms with Gasteiger partial charge in [0.15, 0.2) is 0 Å². The highest BCUT2D eigenvalue weighted by Gasteiger charge is 2.08. The molecule has 0 unspecified atom stereocenters. The van der Waals surface area contributed by atoms with Gasteiger partial charge >= 0.3 is 0 Å². The van der Waals surface area contributed by atoms with Gasteiger partial charge in [-0.05, 0) is 12.3 Å². The summed E-state index contributed by atoms with van der Waals surface area (Å²) < 4.78 is 2.07. The average molecular weight is 201 g/mol. The highest BCUT2D eigenvalue weighted by atomic mass is 35.5. The zero-order chi connectivity index (χ0) is 9.84. The van der Waals surface area contributed by atoms with Crippen molar-refractivity contribution in [2.45, 2.75) is 39.6 Å². The normalized spacial score (nSPS) is 11.2. The van der Waals surface area contributed by atoms with Crippen molar-refractivity contribution in [1.29, 1.82) is 0 Å². The molecule has 0 aliphatic heterocycles. The monoisotopic (exact) mass is 200 g/mol. The lowest BCUT2D eigenvalue weighted by molar-refractivity contribution is 0.469. The molecule has 1 rings (SSSR count). The van der Waals surface area contributed by atoms with Gasteiger partial charge in [-0.1, -0.05) is 20.8 Å². The summed E-state index contributed by atoms with van der Waals surface area (Å²) in [6, 6.07) is 0. The fraction of sp³-hybridized carbons (Fsp3) is 0.700. The van der Waals surface area contributed by atoms with Crippen molar-refractivity contribution in [3.05, 3.63) is 17.5 Å². The van der Waals surface area contributed by atoms with Crippen LogP contribution in [0.5, 0.6) is 0 Å². The number of hydrogen-bond acceptors (Lipinski definition) is 1. The summed E-state index contributed by atoms with van der Waals surface area (Å²) >= 11 is 5.81. The van der Waals surface area contributed by atoms with E-state index in [0.717, 1.165) is 13.0 Å². The molecule has 0 saturated heterocycles. The lowest BCUT2D eigenvalue weighted by Gasteiger charge is -2.09. The second kappa shape index (κ2) is 4.66. The Bertz CT molecular complexity index is 266. The number of aromatic nitrogens is 2. The molecule has 0 saturated carbocycles. The summed E-state index contributed by atoms with van der Waals surface area (Å²) in [5.41, 5.74) is 2.45. The molecular formula is C10H17ClN2. The number of hydrogen-bond donors (Lipinski definition) is 0.